The second-order valence-electron chi connectivity index (χ2n) is 6.08. The first-order valence-corrected chi connectivity index (χ1v) is 8.82. The Morgan fingerprint density at radius 2 is 1.85 bits per heavy atom. The first-order chi connectivity index (χ1) is 13.0. The Morgan fingerprint density at radius 3 is 2.41 bits per heavy atom. The minimum atomic E-state index is -0.694. The smallest absolute Gasteiger partial charge is 0.137 e. The number of aliphatic imine (C=N–C) groups is 1. The van der Waals surface area contributed by atoms with Crippen LogP contribution in [0.15, 0.2) is 41.4 Å². The third-order valence-corrected chi connectivity index (χ3v) is 4.33. The standard InChI is InChI=1S/C21H23N5O/c1-3-26(4-2)18-7-6-17(21(27)11-18)14-25-20-8-5-15(10-19(20)24)9-16(12-22)13-23/h5-8,10-11,14,16,27H,3-4,9,24H2,1-2H3. The molecule has 6 nitrogen and oxygen atoms in total. The molecular formula is C21H23N5O. The molecule has 2 rings (SSSR count). The molecule has 0 aliphatic carbocycles. The van der Waals surface area contributed by atoms with Gasteiger partial charge >= 0.3 is 0 Å². The van der Waals surface area contributed by atoms with Gasteiger partial charge in [0.15, 0.2) is 0 Å². The Hall–Kier alpha value is -3.51. The molecule has 0 aliphatic heterocycles. The van der Waals surface area contributed by atoms with Crippen molar-refractivity contribution < 1.29 is 5.11 Å². The van der Waals surface area contributed by atoms with Gasteiger partial charge in [-0.3, -0.25) is 4.99 Å². The van der Waals surface area contributed by atoms with E-state index in [-0.39, 0.29) is 5.75 Å². The number of hydrogen-bond donors (Lipinski definition) is 2. The maximum atomic E-state index is 10.3. The predicted octanol–water partition coefficient (Wildman–Crippen LogP) is 3.78. The van der Waals surface area contributed by atoms with E-state index in [0.717, 1.165) is 24.3 Å². The highest BCUT2D eigenvalue weighted by atomic mass is 16.3. The van der Waals surface area contributed by atoms with Gasteiger partial charge in [-0.1, -0.05) is 6.07 Å². The van der Waals surface area contributed by atoms with E-state index in [1.807, 2.05) is 24.3 Å². The minimum Gasteiger partial charge on any atom is -0.507 e. The number of rotatable bonds is 7. The van der Waals surface area contributed by atoms with Gasteiger partial charge in [-0.25, -0.2) is 0 Å². The average Bonchev–Trinajstić information content (AvgIpc) is 2.67. The number of phenols is 1. The van der Waals surface area contributed by atoms with E-state index in [0.29, 0.717) is 23.4 Å². The summed E-state index contributed by atoms with van der Waals surface area (Å²) in [5.41, 5.74) is 9.43. The molecule has 0 fully saturated rings. The Labute approximate surface area is 159 Å². The van der Waals surface area contributed by atoms with Crippen LogP contribution in [0.4, 0.5) is 17.1 Å². The van der Waals surface area contributed by atoms with Crippen LogP contribution >= 0.6 is 0 Å². The molecule has 0 radical (unpaired) electrons. The molecule has 0 bridgehead atoms. The van der Waals surface area contributed by atoms with Crippen molar-refractivity contribution in [2.75, 3.05) is 23.7 Å². The molecule has 138 valence electrons. The predicted molar refractivity (Wildman–Crippen MR) is 108 cm³/mol. The number of phenolic OH excluding ortho intramolecular Hbond substituents is 1. The number of nitriles is 2. The van der Waals surface area contributed by atoms with E-state index in [2.05, 4.69) is 23.7 Å². The molecule has 6 heteroatoms. The zero-order chi connectivity index (χ0) is 19.8. The van der Waals surface area contributed by atoms with Crippen LogP contribution in [0.2, 0.25) is 0 Å². The fraction of sp³-hybridized carbons (Fsp3) is 0.286. The Kier molecular flexibility index (Phi) is 6.79. The quantitative estimate of drug-likeness (QED) is 0.576. The number of nitrogen functional groups attached to an aromatic ring is 1. The average molecular weight is 361 g/mol. The summed E-state index contributed by atoms with van der Waals surface area (Å²) in [4.78, 5) is 6.50. The van der Waals surface area contributed by atoms with Crippen LogP contribution in [0.25, 0.3) is 0 Å². The summed E-state index contributed by atoms with van der Waals surface area (Å²) < 4.78 is 0. The topological polar surface area (TPSA) is 109 Å². The molecule has 0 amide bonds. The Bertz CT molecular complexity index is 890. The van der Waals surface area contributed by atoms with Crippen LogP contribution in [0.5, 0.6) is 5.75 Å². The fourth-order valence-electron chi connectivity index (χ4n) is 2.77. The van der Waals surface area contributed by atoms with Crippen molar-refractivity contribution >= 4 is 23.3 Å². The van der Waals surface area contributed by atoms with E-state index < -0.39 is 5.92 Å². The molecule has 2 aromatic carbocycles. The van der Waals surface area contributed by atoms with Gasteiger partial charge in [0.1, 0.15) is 11.7 Å². The van der Waals surface area contributed by atoms with E-state index in [1.165, 1.54) is 0 Å². The van der Waals surface area contributed by atoms with Gasteiger partial charge in [-0.15, -0.1) is 0 Å². The SMILES string of the molecule is CCN(CC)c1ccc(C=Nc2ccc(CC(C#N)C#N)cc2N)c(O)c1. The third kappa shape index (κ3) is 4.99. The zero-order valence-electron chi connectivity index (χ0n) is 15.6. The Balaban J connectivity index is 2.18. The summed E-state index contributed by atoms with van der Waals surface area (Å²) >= 11 is 0. The van der Waals surface area contributed by atoms with Crippen molar-refractivity contribution in [2.45, 2.75) is 20.3 Å². The van der Waals surface area contributed by atoms with Crippen molar-refractivity contribution in [3.05, 3.63) is 47.5 Å². The van der Waals surface area contributed by atoms with E-state index in [4.69, 9.17) is 16.3 Å². The van der Waals surface area contributed by atoms with Gasteiger partial charge in [0.05, 0.1) is 23.5 Å². The second-order valence-corrected chi connectivity index (χ2v) is 6.08. The van der Waals surface area contributed by atoms with Gasteiger partial charge in [-0.05, 0) is 43.7 Å². The van der Waals surface area contributed by atoms with E-state index in [1.54, 1.807) is 30.5 Å². The first-order valence-electron chi connectivity index (χ1n) is 8.82. The van der Waals surface area contributed by atoms with E-state index in [9.17, 15) is 5.11 Å². The molecule has 0 aliphatic rings. The van der Waals surface area contributed by atoms with Crippen LogP contribution in [0, 0.1) is 28.6 Å². The van der Waals surface area contributed by atoms with Gasteiger partial charge in [0.25, 0.3) is 0 Å². The second kappa shape index (κ2) is 9.26. The number of hydrogen-bond acceptors (Lipinski definition) is 6. The largest absolute Gasteiger partial charge is 0.507 e. The molecule has 27 heavy (non-hydrogen) atoms. The van der Waals surface area contributed by atoms with Gasteiger partial charge < -0.3 is 15.7 Å². The fourth-order valence-corrected chi connectivity index (χ4v) is 2.77. The normalized spacial score (nSPS) is 10.7. The molecule has 3 N–H and O–H groups in total. The molecule has 0 spiro atoms. The molecule has 0 unspecified atom stereocenters. The van der Waals surface area contributed by atoms with Crippen molar-refractivity contribution in [2.24, 2.45) is 10.9 Å². The van der Waals surface area contributed by atoms with Crippen LogP contribution < -0.4 is 10.6 Å². The highest BCUT2D eigenvalue weighted by Crippen LogP contribution is 2.27. The number of benzene rings is 2. The number of nitrogens with zero attached hydrogens (tertiary/aromatic N) is 4. The molecule has 0 atom stereocenters. The summed E-state index contributed by atoms with van der Waals surface area (Å²) in [6.07, 6.45) is 1.90. The van der Waals surface area contributed by atoms with Gasteiger partial charge in [-0.2, -0.15) is 10.5 Å². The monoisotopic (exact) mass is 361 g/mol. The van der Waals surface area contributed by atoms with Crippen LogP contribution in [0.1, 0.15) is 25.0 Å². The number of aromatic hydroxyl groups is 1. The summed E-state index contributed by atoms with van der Waals surface area (Å²) in [7, 11) is 0. The third-order valence-electron chi connectivity index (χ3n) is 4.33. The molecule has 0 heterocycles. The lowest BCUT2D eigenvalue weighted by Gasteiger charge is -2.21. The maximum absolute atomic E-state index is 10.3. The van der Waals surface area contributed by atoms with Crippen LogP contribution in [-0.4, -0.2) is 24.4 Å². The van der Waals surface area contributed by atoms with Gasteiger partial charge in [0, 0.05) is 43.0 Å². The molecule has 0 saturated carbocycles. The van der Waals surface area contributed by atoms with Crippen molar-refractivity contribution in [1.29, 1.82) is 10.5 Å². The number of anilines is 2. The van der Waals surface area contributed by atoms with Crippen molar-refractivity contribution in [3.63, 3.8) is 0 Å². The lowest BCUT2D eigenvalue weighted by Crippen LogP contribution is -2.21. The number of nitrogens with two attached hydrogens (primary N) is 1. The lowest BCUT2D eigenvalue weighted by molar-refractivity contribution is 0.474. The first kappa shape index (κ1) is 19.8. The van der Waals surface area contributed by atoms with Gasteiger partial charge in [0.2, 0.25) is 0 Å². The maximum Gasteiger partial charge on any atom is 0.137 e. The summed E-state index contributed by atoms with van der Waals surface area (Å²) in [6.45, 7) is 5.87. The highest BCUT2D eigenvalue weighted by Gasteiger charge is 2.09. The van der Waals surface area contributed by atoms with Crippen molar-refractivity contribution in [1.82, 2.24) is 0 Å². The van der Waals surface area contributed by atoms with Crippen molar-refractivity contribution in [3.8, 4) is 17.9 Å². The van der Waals surface area contributed by atoms with Crippen LogP contribution in [0.3, 0.4) is 0 Å². The molecule has 2 aromatic rings. The zero-order valence-corrected chi connectivity index (χ0v) is 15.6. The highest BCUT2D eigenvalue weighted by molar-refractivity contribution is 5.87. The lowest BCUT2D eigenvalue weighted by atomic mass is 10.0. The molecular weight excluding hydrogens is 338 g/mol. The Morgan fingerprint density at radius 1 is 1.15 bits per heavy atom. The summed E-state index contributed by atoms with van der Waals surface area (Å²) in [5, 5.41) is 28.0. The summed E-state index contributed by atoms with van der Waals surface area (Å²) in [5.74, 6) is -0.538. The minimum absolute atomic E-state index is 0.157. The van der Waals surface area contributed by atoms with Crippen LogP contribution in [-0.2, 0) is 6.42 Å². The van der Waals surface area contributed by atoms with E-state index >= 15 is 0 Å². The molecule has 0 aromatic heterocycles. The summed E-state index contributed by atoms with van der Waals surface area (Å²) in [6, 6.07) is 14.7. The molecule has 0 saturated heterocycles.